The highest BCUT2D eigenvalue weighted by Crippen LogP contribution is 2.22. The summed E-state index contributed by atoms with van der Waals surface area (Å²) in [5, 5.41) is 11.3. The molecule has 0 fully saturated rings. The highest BCUT2D eigenvalue weighted by molar-refractivity contribution is 9.10. The normalized spacial score (nSPS) is 11.4. The van der Waals surface area contributed by atoms with Gasteiger partial charge in [-0.2, -0.15) is 5.26 Å². The van der Waals surface area contributed by atoms with Crippen LogP contribution < -0.4 is 10.1 Å². The lowest BCUT2D eigenvalue weighted by molar-refractivity contribution is 0.0939. The molecular weight excluding hydrogens is 284 g/mol. The van der Waals surface area contributed by atoms with Crippen LogP contribution in [0.15, 0.2) is 22.7 Å². The van der Waals surface area contributed by atoms with E-state index in [1.807, 2.05) is 6.07 Å². The standard InChI is InChI=1S/C12H13BrN2O2/c1-8(5-6-14)15-12(16)10-7-9(17-2)3-4-11(10)13/h3-4,7-8H,5H2,1-2H3,(H,15,16). The van der Waals surface area contributed by atoms with E-state index in [4.69, 9.17) is 10.00 Å². The average molecular weight is 297 g/mol. The molecule has 4 nitrogen and oxygen atoms in total. The van der Waals surface area contributed by atoms with E-state index in [1.54, 1.807) is 32.2 Å². The predicted molar refractivity (Wildman–Crippen MR) is 67.9 cm³/mol. The van der Waals surface area contributed by atoms with Crippen molar-refractivity contribution in [2.24, 2.45) is 0 Å². The summed E-state index contributed by atoms with van der Waals surface area (Å²) in [4.78, 5) is 11.9. The minimum absolute atomic E-state index is 0.175. The van der Waals surface area contributed by atoms with Gasteiger partial charge in [0.1, 0.15) is 5.75 Å². The van der Waals surface area contributed by atoms with Gasteiger partial charge in [0.25, 0.3) is 5.91 Å². The molecule has 1 rings (SSSR count). The van der Waals surface area contributed by atoms with Crippen molar-refractivity contribution >= 4 is 21.8 Å². The van der Waals surface area contributed by atoms with Crippen LogP contribution in [0.1, 0.15) is 23.7 Å². The first kappa shape index (κ1) is 13.5. The van der Waals surface area contributed by atoms with Crippen molar-refractivity contribution in [3.63, 3.8) is 0 Å². The van der Waals surface area contributed by atoms with Crippen LogP contribution in [0.2, 0.25) is 0 Å². The number of benzene rings is 1. The smallest absolute Gasteiger partial charge is 0.252 e. The van der Waals surface area contributed by atoms with Crippen LogP contribution in [0.3, 0.4) is 0 Å². The van der Waals surface area contributed by atoms with E-state index in [9.17, 15) is 4.79 Å². The third kappa shape index (κ3) is 3.75. The number of nitriles is 1. The van der Waals surface area contributed by atoms with Gasteiger partial charge < -0.3 is 10.1 Å². The van der Waals surface area contributed by atoms with E-state index >= 15 is 0 Å². The maximum Gasteiger partial charge on any atom is 0.252 e. The Hall–Kier alpha value is -1.54. The van der Waals surface area contributed by atoms with Crippen LogP contribution in [0.5, 0.6) is 5.75 Å². The maximum atomic E-state index is 11.9. The molecule has 0 aliphatic carbocycles. The van der Waals surface area contributed by atoms with Crippen molar-refractivity contribution in [3.05, 3.63) is 28.2 Å². The van der Waals surface area contributed by atoms with Crippen molar-refractivity contribution in [2.45, 2.75) is 19.4 Å². The number of hydrogen-bond acceptors (Lipinski definition) is 3. The third-order valence-corrected chi connectivity index (χ3v) is 2.88. The number of rotatable bonds is 4. The summed E-state index contributed by atoms with van der Waals surface area (Å²) < 4.78 is 5.75. The Balaban J connectivity index is 2.85. The molecule has 1 N–H and O–H groups in total. The summed E-state index contributed by atoms with van der Waals surface area (Å²) >= 11 is 3.31. The molecule has 0 aromatic heterocycles. The van der Waals surface area contributed by atoms with Gasteiger partial charge in [-0.05, 0) is 41.1 Å². The number of ether oxygens (including phenoxy) is 1. The van der Waals surface area contributed by atoms with Crippen molar-refractivity contribution in [1.82, 2.24) is 5.32 Å². The molecule has 1 atom stereocenters. The van der Waals surface area contributed by atoms with Gasteiger partial charge in [0.15, 0.2) is 0 Å². The van der Waals surface area contributed by atoms with Crippen LogP contribution in [-0.4, -0.2) is 19.1 Å². The van der Waals surface area contributed by atoms with Gasteiger partial charge in [-0.1, -0.05) is 0 Å². The molecule has 1 amide bonds. The number of nitrogens with zero attached hydrogens (tertiary/aromatic N) is 1. The minimum Gasteiger partial charge on any atom is -0.497 e. The Morgan fingerprint density at radius 2 is 2.35 bits per heavy atom. The molecule has 0 heterocycles. The van der Waals surface area contributed by atoms with Crippen LogP contribution in [-0.2, 0) is 0 Å². The van der Waals surface area contributed by atoms with E-state index in [0.29, 0.717) is 15.8 Å². The summed E-state index contributed by atoms with van der Waals surface area (Å²) in [5.74, 6) is 0.393. The van der Waals surface area contributed by atoms with Crippen molar-refractivity contribution in [3.8, 4) is 11.8 Å². The summed E-state index contributed by atoms with van der Waals surface area (Å²) in [6.45, 7) is 1.79. The number of methoxy groups -OCH3 is 1. The number of carbonyl (C=O) groups excluding carboxylic acids is 1. The SMILES string of the molecule is COc1ccc(Br)c(C(=O)NC(C)CC#N)c1. The largest absolute Gasteiger partial charge is 0.497 e. The summed E-state index contributed by atoms with van der Waals surface area (Å²) in [6.07, 6.45) is 0.285. The van der Waals surface area contributed by atoms with Crippen LogP contribution in [0.25, 0.3) is 0 Å². The van der Waals surface area contributed by atoms with Crippen LogP contribution in [0.4, 0.5) is 0 Å². The first-order valence-corrected chi connectivity index (χ1v) is 5.89. The Morgan fingerprint density at radius 1 is 1.65 bits per heavy atom. The molecule has 1 unspecified atom stereocenters. The topological polar surface area (TPSA) is 62.1 Å². The van der Waals surface area contributed by atoms with Crippen LogP contribution in [0, 0.1) is 11.3 Å². The molecular formula is C12H13BrN2O2. The van der Waals surface area contributed by atoms with Crippen molar-refractivity contribution < 1.29 is 9.53 Å². The molecule has 0 saturated heterocycles. The zero-order valence-electron chi connectivity index (χ0n) is 9.66. The Kier molecular flexibility index (Phi) is 4.98. The predicted octanol–water partition coefficient (Wildman–Crippen LogP) is 2.49. The van der Waals surface area contributed by atoms with E-state index in [0.717, 1.165) is 0 Å². The second-order valence-corrected chi connectivity index (χ2v) is 4.44. The molecule has 90 valence electrons. The lowest BCUT2D eigenvalue weighted by Gasteiger charge is -2.12. The fourth-order valence-electron chi connectivity index (χ4n) is 1.29. The molecule has 0 saturated carbocycles. The van der Waals surface area contributed by atoms with E-state index < -0.39 is 0 Å². The molecule has 0 radical (unpaired) electrons. The molecule has 1 aromatic carbocycles. The number of hydrogen-bond donors (Lipinski definition) is 1. The van der Waals surface area contributed by atoms with Crippen molar-refractivity contribution in [1.29, 1.82) is 5.26 Å². The zero-order valence-corrected chi connectivity index (χ0v) is 11.2. The second-order valence-electron chi connectivity index (χ2n) is 3.58. The van der Waals surface area contributed by atoms with Gasteiger partial charge in [-0.25, -0.2) is 0 Å². The summed E-state index contributed by atoms with van der Waals surface area (Å²) in [7, 11) is 1.54. The Morgan fingerprint density at radius 3 is 2.94 bits per heavy atom. The highest BCUT2D eigenvalue weighted by atomic mass is 79.9. The fraction of sp³-hybridized carbons (Fsp3) is 0.333. The van der Waals surface area contributed by atoms with Gasteiger partial charge in [-0.3, -0.25) is 4.79 Å². The molecule has 0 bridgehead atoms. The van der Waals surface area contributed by atoms with E-state index in [2.05, 4.69) is 21.2 Å². The summed E-state index contributed by atoms with van der Waals surface area (Å²) in [5.41, 5.74) is 0.495. The quantitative estimate of drug-likeness (QED) is 0.928. The fourth-order valence-corrected chi connectivity index (χ4v) is 1.72. The van der Waals surface area contributed by atoms with Gasteiger partial charge in [0.2, 0.25) is 0 Å². The molecule has 1 aromatic rings. The van der Waals surface area contributed by atoms with Gasteiger partial charge in [-0.15, -0.1) is 0 Å². The third-order valence-electron chi connectivity index (χ3n) is 2.19. The van der Waals surface area contributed by atoms with Gasteiger partial charge >= 0.3 is 0 Å². The molecule has 0 aliphatic heterocycles. The monoisotopic (exact) mass is 296 g/mol. The van der Waals surface area contributed by atoms with Gasteiger partial charge in [0, 0.05) is 10.5 Å². The minimum atomic E-state index is -0.224. The zero-order chi connectivity index (χ0) is 12.8. The highest BCUT2D eigenvalue weighted by Gasteiger charge is 2.13. The van der Waals surface area contributed by atoms with Gasteiger partial charge in [0.05, 0.1) is 25.2 Å². The molecule has 0 aliphatic rings. The van der Waals surface area contributed by atoms with Crippen molar-refractivity contribution in [2.75, 3.05) is 7.11 Å². The second kappa shape index (κ2) is 6.26. The Labute approximate surface area is 109 Å². The maximum absolute atomic E-state index is 11.9. The average Bonchev–Trinajstić information content (AvgIpc) is 2.29. The summed E-state index contributed by atoms with van der Waals surface area (Å²) in [6, 6.07) is 7.00. The van der Waals surface area contributed by atoms with E-state index in [1.165, 1.54) is 0 Å². The Bertz CT molecular complexity index is 454. The lowest BCUT2D eigenvalue weighted by Crippen LogP contribution is -2.32. The van der Waals surface area contributed by atoms with E-state index in [-0.39, 0.29) is 18.4 Å². The van der Waals surface area contributed by atoms with Crippen LogP contribution >= 0.6 is 15.9 Å². The number of nitrogens with one attached hydrogen (secondary N) is 1. The number of amides is 1. The number of halogens is 1. The molecule has 17 heavy (non-hydrogen) atoms. The first-order valence-electron chi connectivity index (χ1n) is 5.09. The molecule has 0 spiro atoms. The lowest BCUT2D eigenvalue weighted by atomic mass is 10.1. The number of carbonyl (C=O) groups is 1. The first-order chi connectivity index (χ1) is 8.08. The molecule has 5 heteroatoms.